The number of hydrogen-bond acceptors (Lipinski definition) is 3. The number of carbonyl (C=O) groups is 1. The van der Waals surface area contributed by atoms with Gasteiger partial charge in [-0.15, -0.1) is 0 Å². The highest BCUT2D eigenvalue weighted by Crippen LogP contribution is 2.22. The van der Waals surface area contributed by atoms with Gasteiger partial charge in [-0.3, -0.25) is 4.79 Å². The number of rotatable bonds is 4. The Balaban J connectivity index is 2.73. The Hall–Kier alpha value is -1.51. The first kappa shape index (κ1) is 10.6. The number of carbonyl (C=O) groups excluding carboxylic acids is 1. The minimum absolute atomic E-state index is 0.458. The van der Waals surface area contributed by atoms with E-state index in [2.05, 4.69) is 13.8 Å². The minimum atomic E-state index is 0.458. The lowest BCUT2D eigenvalue weighted by Gasteiger charge is -2.10. The molecule has 0 aromatic heterocycles. The first-order valence-corrected chi connectivity index (χ1v) is 4.61. The molecule has 0 aliphatic heterocycles. The molecule has 1 rings (SSSR count). The van der Waals surface area contributed by atoms with Crippen LogP contribution in [0.4, 0.5) is 5.69 Å². The maximum atomic E-state index is 10.4. The van der Waals surface area contributed by atoms with Gasteiger partial charge in [0.05, 0.1) is 12.3 Å². The van der Waals surface area contributed by atoms with Gasteiger partial charge in [0, 0.05) is 5.56 Å². The second kappa shape index (κ2) is 4.65. The van der Waals surface area contributed by atoms with Gasteiger partial charge < -0.3 is 10.5 Å². The predicted octanol–water partition coefficient (Wildman–Crippen LogP) is 2.12. The summed E-state index contributed by atoms with van der Waals surface area (Å²) in [5.41, 5.74) is 6.78. The number of anilines is 1. The molecule has 1 aromatic carbocycles. The van der Waals surface area contributed by atoms with E-state index in [1.165, 1.54) is 0 Å². The zero-order valence-electron chi connectivity index (χ0n) is 8.49. The summed E-state index contributed by atoms with van der Waals surface area (Å²) >= 11 is 0. The molecular weight excluding hydrogens is 178 g/mol. The van der Waals surface area contributed by atoms with E-state index in [1.807, 2.05) is 0 Å². The Bertz CT molecular complexity index is 321. The molecule has 0 aliphatic carbocycles. The summed E-state index contributed by atoms with van der Waals surface area (Å²) in [6, 6.07) is 5.03. The van der Waals surface area contributed by atoms with Crippen LogP contribution in [0.3, 0.4) is 0 Å². The van der Waals surface area contributed by atoms with Gasteiger partial charge in [0.1, 0.15) is 12.0 Å². The van der Waals surface area contributed by atoms with E-state index in [9.17, 15) is 4.79 Å². The third kappa shape index (κ3) is 2.76. The summed E-state index contributed by atoms with van der Waals surface area (Å²) < 4.78 is 5.46. The monoisotopic (exact) mass is 193 g/mol. The van der Waals surface area contributed by atoms with Crippen LogP contribution >= 0.6 is 0 Å². The van der Waals surface area contributed by atoms with Crippen molar-refractivity contribution in [2.45, 2.75) is 13.8 Å². The van der Waals surface area contributed by atoms with Gasteiger partial charge in [-0.25, -0.2) is 0 Å². The molecule has 0 amide bonds. The van der Waals surface area contributed by atoms with Crippen molar-refractivity contribution in [2.75, 3.05) is 12.3 Å². The lowest BCUT2D eigenvalue weighted by molar-refractivity contribution is 0.112. The van der Waals surface area contributed by atoms with Crippen molar-refractivity contribution in [3.63, 3.8) is 0 Å². The van der Waals surface area contributed by atoms with E-state index in [0.29, 0.717) is 29.5 Å². The molecule has 2 N–H and O–H groups in total. The first-order valence-electron chi connectivity index (χ1n) is 4.61. The van der Waals surface area contributed by atoms with Gasteiger partial charge in [0.25, 0.3) is 0 Å². The van der Waals surface area contributed by atoms with E-state index < -0.39 is 0 Å². The molecule has 0 unspecified atom stereocenters. The Morgan fingerprint density at radius 3 is 2.71 bits per heavy atom. The van der Waals surface area contributed by atoms with Crippen LogP contribution in [0.15, 0.2) is 18.2 Å². The highest BCUT2D eigenvalue weighted by molar-refractivity contribution is 5.78. The Kier molecular flexibility index (Phi) is 3.51. The average Bonchev–Trinajstić information content (AvgIpc) is 2.15. The second-order valence-corrected chi connectivity index (χ2v) is 3.62. The summed E-state index contributed by atoms with van der Waals surface area (Å²) in [6.07, 6.45) is 0.766. The molecule has 0 atom stereocenters. The second-order valence-electron chi connectivity index (χ2n) is 3.62. The normalized spacial score (nSPS) is 10.2. The highest BCUT2D eigenvalue weighted by atomic mass is 16.5. The minimum Gasteiger partial charge on any atom is -0.491 e. The van der Waals surface area contributed by atoms with Crippen LogP contribution in [0.1, 0.15) is 24.2 Å². The van der Waals surface area contributed by atoms with Crippen molar-refractivity contribution in [3.05, 3.63) is 23.8 Å². The molecule has 0 radical (unpaired) electrons. The van der Waals surface area contributed by atoms with Crippen molar-refractivity contribution in [1.29, 1.82) is 0 Å². The van der Waals surface area contributed by atoms with Crippen LogP contribution < -0.4 is 10.5 Å². The molecule has 0 spiro atoms. The molecule has 0 saturated carbocycles. The van der Waals surface area contributed by atoms with E-state index in [4.69, 9.17) is 10.5 Å². The van der Waals surface area contributed by atoms with Crippen molar-refractivity contribution in [1.82, 2.24) is 0 Å². The number of nitrogen functional groups attached to an aromatic ring is 1. The quantitative estimate of drug-likeness (QED) is 0.588. The summed E-state index contributed by atoms with van der Waals surface area (Å²) in [6.45, 7) is 4.76. The van der Waals surface area contributed by atoms with E-state index >= 15 is 0 Å². The van der Waals surface area contributed by atoms with Gasteiger partial charge in [-0.2, -0.15) is 0 Å². The summed E-state index contributed by atoms with van der Waals surface area (Å²) in [5, 5.41) is 0. The van der Waals surface area contributed by atoms with Crippen LogP contribution in [0, 0.1) is 5.92 Å². The van der Waals surface area contributed by atoms with Crippen LogP contribution in [-0.4, -0.2) is 12.9 Å². The summed E-state index contributed by atoms with van der Waals surface area (Å²) in [5.74, 6) is 1.10. The average molecular weight is 193 g/mol. The van der Waals surface area contributed by atoms with Crippen molar-refractivity contribution >= 4 is 12.0 Å². The Morgan fingerprint density at radius 2 is 2.21 bits per heavy atom. The summed E-state index contributed by atoms with van der Waals surface area (Å²) in [4.78, 5) is 10.4. The van der Waals surface area contributed by atoms with Crippen LogP contribution in [0.5, 0.6) is 5.75 Å². The first-order chi connectivity index (χ1) is 6.63. The molecule has 0 aliphatic rings. The smallest absolute Gasteiger partial charge is 0.150 e. The fourth-order valence-corrected chi connectivity index (χ4v) is 1.03. The van der Waals surface area contributed by atoms with Crippen molar-refractivity contribution < 1.29 is 9.53 Å². The lowest BCUT2D eigenvalue weighted by Crippen LogP contribution is -2.06. The molecule has 0 heterocycles. The fourth-order valence-electron chi connectivity index (χ4n) is 1.03. The van der Waals surface area contributed by atoms with Gasteiger partial charge in [0.2, 0.25) is 0 Å². The van der Waals surface area contributed by atoms with Crippen LogP contribution in [-0.2, 0) is 0 Å². The lowest BCUT2D eigenvalue weighted by atomic mass is 10.2. The number of hydrogen-bond donors (Lipinski definition) is 1. The third-order valence-corrected chi connectivity index (χ3v) is 1.74. The molecule has 3 nitrogen and oxygen atoms in total. The molecule has 0 bridgehead atoms. The molecule has 1 aromatic rings. The Labute approximate surface area is 83.9 Å². The standard InChI is InChI=1S/C11H15NO2/c1-8(2)7-14-11-4-3-9(6-13)5-10(11)12/h3-6,8H,7,12H2,1-2H3. The van der Waals surface area contributed by atoms with Gasteiger partial charge in [0.15, 0.2) is 0 Å². The van der Waals surface area contributed by atoms with Crippen molar-refractivity contribution in [2.24, 2.45) is 5.92 Å². The highest BCUT2D eigenvalue weighted by Gasteiger charge is 2.02. The largest absolute Gasteiger partial charge is 0.491 e. The topological polar surface area (TPSA) is 52.3 Å². The maximum Gasteiger partial charge on any atom is 0.150 e. The van der Waals surface area contributed by atoms with Gasteiger partial charge in [-0.1, -0.05) is 13.8 Å². The molecule has 0 saturated heterocycles. The number of benzene rings is 1. The van der Waals surface area contributed by atoms with Crippen LogP contribution in [0.25, 0.3) is 0 Å². The zero-order chi connectivity index (χ0) is 10.6. The molecule has 14 heavy (non-hydrogen) atoms. The van der Waals surface area contributed by atoms with E-state index in [-0.39, 0.29) is 0 Å². The number of aldehydes is 1. The van der Waals surface area contributed by atoms with Gasteiger partial charge >= 0.3 is 0 Å². The molecule has 76 valence electrons. The fraction of sp³-hybridized carbons (Fsp3) is 0.364. The maximum absolute atomic E-state index is 10.4. The molecule has 3 heteroatoms. The zero-order valence-corrected chi connectivity index (χ0v) is 8.49. The number of ether oxygens (including phenoxy) is 1. The van der Waals surface area contributed by atoms with E-state index in [1.54, 1.807) is 18.2 Å². The molecular formula is C11H15NO2. The van der Waals surface area contributed by atoms with Gasteiger partial charge in [-0.05, 0) is 24.1 Å². The van der Waals surface area contributed by atoms with E-state index in [0.717, 1.165) is 6.29 Å². The Morgan fingerprint density at radius 1 is 1.50 bits per heavy atom. The SMILES string of the molecule is CC(C)COc1ccc(C=O)cc1N. The van der Waals surface area contributed by atoms with Crippen LogP contribution in [0.2, 0.25) is 0 Å². The van der Waals surface area contributed by atoms with Crippen molar-refractivity contribution in [3.8, 4) is 5.75 Å². The summed E-state index contributed by atoms with van der Waals surface area (Å²) in [7, 11) is 0. The predicted molar refractivity (Wildman–Crippen MR) is 56.6 cm³/mol. The number of nitrogens with two attached hydrogens (primary N) is 1. The third-order valence-electron chi connectivity index (χ3n) is 1.74. The molecule has 0 fully saturated rings.